The van der Waals surface area contributed by atoms with E-state index in [0.29, 0.717) is 5.92 Å². The van der Waals surface area contributed by atoms with Crippen LogP contribution >= 0.6 is 0 Å². The number of benzene rings is 2. The van der Waals surface area contributed by atoms with Crippen LogP contribution in [0.15, 0.2) is 42.5 Å². The molecule has 5 heteroatoms. The molecule has 1 saturated heterocycles. The number of nitrogens with zero attached hydrogens (tertiary/aromatic N) is 1. The van der Waals surface area contributed by atoms with Crippen LogP contribution in [0.4, 0.5) is 5.69 Å². The Labute approximate surface area is 149 Å². The molecule has 0 aromatic heterocycles. The largest absolute Gasteiger partial charge is 0.497 e. The normalized spacial score (nSPS) is 20.2. The first-order valence-electron chi connectivity index (χ1n) is 8.51. The van der Waals surface area contributed by atoms with Crippen molar-refractivity contribution >= 4 is 5.69 Å². The number of hydrogen-bond acceptors (Lipinski definition) is 5. The van der Waals surface area contributed by atoms with Crippen molar-refractivity contribution in [1.82, 2.24) is 0 Å². The fraction of sp³-hybridized carbons (Fsp3) is 0.400. The van der Waals surface area contributed by atoms with E-state index < -0.39 is 0 Å². The molecule has 134 valence electrons. The van der Waals surface area contributed by atoms with Crippen LogP contribution in [-0.2, 0) is 0 Å². The van der Waals surface area contributed by atoms with Gasteiger partial charge in [0.05, 0.1) is 21.3 Å². The Kier molecular flexibility index (Phi) is 5.34. The number of hydrogen-bond donors (Lipinski definition) is 1. The summed E-state index contributed by atoms with van der Waals surface area (Å²) in [4.78, 5) is 2.32. The minimum atomic E-state index is 0.123. The summed E-state index contributed by atoms with van der Waals surface area (Å²) in [6.07, 6.45) is 0.969. The van der Waals surface area contributed by atoms with Crippen molar-refractivity contribution in [3.05, 3.63) is 48.0 Å². The molecule has 1 fully saturated rings. The quantitative estimate of drug-likeness (QED) is 0.905. The molecule has 0 aliphatic carbocycles. The van der Waals surface area contributed by atoms with Crippen LogP contribution in [0.1, 0.15) is 17.9 Å². The summed E-state index contributed by atoms with van der Waals surface area (Å²) in [7, 11) is 5.00. The maximum atomic E-state index is 6.36. The van der Waals surface area contributed by atoms with Crippen LogP contribution in [-0.4, -0.2) is 40.5 Å². The Morgan fingerprint density at radius 3 is 2.44 bits per heavy atom. The van der Waals surface area contributed by atoms with Crippen molar-refractivity contribution in [1.29, 1.82) is 0 Å². The molecule has 2 aromatic rings. The third-order valence-electron chi connectivity index (χ3n) is 4.78. The maximum absolute atomic E-state index is 6.36. The van der Waals surface area contributed by atoms with Crippen molar-refractivity contribution in [3.8, 4) is 17.2 Å². The zero-order valence-electron chi connectivity index (χ0n) is 15.1. The Bertz CT molecular complexity index is 720. The van der Waals surface area contributed by atoms with E-state index in [2.05, 4.69) is 23.1 Å². The first-order chi connectivity index (χ1) is 12.1. The van der Waals surface area contributed by atoms with Gasteiger partial charge in [0, 0.05) is 36.8 Å². The highest BCUT2D eigenvalue weighted by atomic mass is 16.5. The second-order valence-electron chi connectivity index (χ2n) is 6.41. The summed E-state index contributed by atoms with van der Waals surface area (Å²) in [5.74, 6) is 2.72. The summed E-state index contributed by atoms with van der Waals surface area (Å²) >= 11 is 0. The van der Waals surface area contributed by atoms with Crippen LogP contribution in [0.25, 0.3) is 0 Å². The van der Waals surface area contributed by atoms with Crippen molar-refractivity contribution in [2.24, 2.45) is 5.73 Å². The first kappa shape index (κ1) is 17.4. The summed E-state index contributed by atoms with van der Waals surface area (Å²) < 4.78 is 16.1. The summed E-state index contributed by atoms with van der Waals surface area (Å²) in [6, 6.07) is 14.4. The highest BCUT2D eigenvalue weighted by molar-refractivity contribution is 5.57. The molecule has 2 N–H and O–H groups in total. The lowest BCUT2D eigenvalue weighted by Gasteiger charge is -2.38. The third kappa shape index (κ3) is 3.82. The van der Waals surface area contributed by atoms with Crippen LogP contribution in [0.5, 0.6) is 17.2 Å². The number of rotatable bonds is 5. The van der Waals surface area contributed by atoms with E-state index in [-0.39, 0.29) is 6.04 Å². The Hall–Kier alpha value is -2.40. The number of anilines is 1. The molecule has 0 radical (unpaired) electrons. The van der Waals surface area contributed by atoms with Crippen molar-refractivity contribution in [2.45, 2.75) is 18.4 Å². The van der Waals surface area contributed by atoms with Gasteiger partial charge in [0.2, 0.25) is 0 Å². The molecule has 0 bridgehead atoms. The van der Waals surface area contributed by atoms with E-state index in [4.69, 9.17) is 19.9 Å². The molecular formula is C20H26N2O3. The summed E-state index contributed by atoms with van der Waals surface area (Å²) in [5, 5.41) is 0. The Balaban J connectivity index is 1.85. The van der Waals surface area contributed by atoms with Gasteiger partial charge in [-0.25, -0.2) is 0 Å². The summed E-state index contributed by atoms with van der Waals surface area (Å²) in [6.45, 7) is 1.74. The monoisotopic (exact) mass is 342 g/mol. The zero-order chi connectivity index (χ0) is 17.8. The minimum Gasteiger partial charge on any atom is -0.497 e. The lowest BCUT2D eigenvalue weighted by molar-refractivity contribution is 0.354. The molecule has 0 spiro atoms. The second kappa shape index (κ2) is 7.66. The molecule has 1 aliphatic rings. The number of ether oxygens (including phenoxy) is 3. The fourth-order valence-electron chi connectivity index (χ4n) is 3.51. The Morgan fingerprint density at radius 2 is 1.72 bits per heavy atom. The van der Waals surface area contributed by atoms with Crippen LogP contribution in [0, 0.1) is 0 Å². The maximum Gasteiger partial charge on any atom is 0.162 e. The highest BCUT2D eigenvalue weighted by Gasteiger charge is 2.27. The molecular weight excluding hydrogens is 316 g/mol. The van der Waals surface area contributed by atoms with Gasteiger partial charge in [-0.15, -0.1) is 0 Å². The number of piperidine rings is 1. The number of methoxy groups -OCH3 is 3. The lowest BCUT2D eigenvalue weighted by atomic mass is 9.88. The molecule has 2 aromatic carbocycles. The van der Waals surface area contributed by atoms with E-state index >= 15 is 0 Å². The summed E-state index contributed by atoms with van der Waals surface area (Å²) in [5.41, 5.74) is 8.72. The van der Waals surface area contributed by atoms with Gasteiger partial charge < -0.3 is 24.8 Å². The molecule has 0 amide bonds. The smallest absolute Gasteiger partial charge is 0.162 e. The van der Waals surface area contributed by atoms with E-state index in [0.717, 1.165) is 42.4 Å². The fourth-order valence-corrected chi connectivity index (χ4v) is 3.51. The molecule has 1 heterocycles. The van der Waals surface area contributed by atoms with Crippen LogP contribution < -0.4 is 24.8 Å². The standard InChI is InChI=1S/C20H26N2O3/c1-23-18-6-4-5-14(10-18)15-9-16(21)13-22(12-15)17-7-8-19(24-2)20(11-17)25-3/h4-8,10-11,15-16H,9,12-13,21H2,1-3H3. The van der Waals surface area contributed by atoms with Gasteiger partial charge >= 0.3 is 0 Å². The van der Waals surface area contributed by atoms with Gasteiger partial charge in [-0.2, -0.15) is 0 Å². The number of nitrogens with two attached hydrogens (primary N) is 1. The van der Waals surface area contributed by atoms with E-state index in [1.54, 1.807) is 21.3 Å². The molecule has 2 atom stereocenters. The zero-order valence-corrected chi connectivity index (χ0v) is 15.1. The molecule has 0 saturated carbocycles. The van der Waals surface area contributed by atoms with Gasteiger partial charge in [0.25, 0.3) is 0 Å². The van der Waals surface area contributed by atoms with Crippen molar-refractivity contribution < 1.29 is 14.2 Å². The first-order valence-corrected chi connectivity index (χ1v) is 8.51. The third-order valence-corrected chi connectivity index (χ3v) is 4.78. The van der Waals surface area contributed by atoms with Crippen LogP contribution in [0.3, 0.4) is 0 Å². The van der Waals surface area contributed by atoms with Gasteiger partial charge in [0.1, 0.15) is 5.75 Å². The predicted molar refractivity (Wildman–Crippen MR) is 100 cm³/mol. The SMILES string of the molecule is COc1cccc(C2CC(N)CN(c3ccc(OC)c(OC)c3)C2)c1. The van der Waals surface area contributed by atoms with Gasteiger partial charge in [-0.05, 0) is 36.2 Å². The minimum absolute atomic E-state index is 0.123. The molecule has 3 rings (SSSR count). The van der Waals surface area contributed by atoms with Gasteiger partial charge in [-0.1, -0.05) is 12.1 Å². The predicted octanol–water partition coefficient (Wildman–Crippen LogP) is 3.03. The molecule has 1 aliphatic heterocycles. The topological polar surface area (TPSA) is 57.0 Å². The van der Waals surface area contributed by atoms with E-state index in [1.165, 1.54) is 5.56 Å². The Morgan fingerprint density at radius 1 is 0.920 bits per heavy atom. The molecule has 25 heavy (non-hydrogen) atoms. The van der Waals surface area contributed by atoms with Crippen LogP contribution in [0.2, 0.25) is 0 Å². The van der Waals surface area contributed by atoms with Gasteiger partial charge in [0.15, 0.2) is 11.5 Å². The van der Waals surface area contributed by atoms with E-state index in [1.807, 2.05) is 24.3 Å². The van der Waals surface area contributed by atoms with Crippen molar-refractivity contribution in [2.75, 3.05) is 39.3 Å². The average Bonchev–Trinajstić information content (AvgIpc) is 2.67. The van der Waals surface area contributed by atoms with E-state index in [9.17, 15) is 0 Å². The van der Waals surface area contributed by atoms with Gasteiger partial charge in [-0.3, -0.25) is 0 Å². The average molecular weight is 342 g/mol. The molecule has 2 unspecified atom stereocenters. The molecule has 5 nitrogen and oxygen atoms in total. The second-order valence-corrected chi connectivity index (χ2v) is 6.41. The van der Waals surface area contributed by atoms with Crippen molar-refractivity contribution in [3.63, 3.8) is 0 Å². The lowest BCUT2D eigenvalue weighted by Crippen LogP contribution is -2.46. The highest BCUT2D eigenvalue weighted by Crippen LogP contribution is 2.35.